The van der Waals surface area contributed by atoms with E-state index in [1.54, 1.807) is 4.90 Å². The first-order valence-corrected chi connectivity index (χ1v) is 6.42. The maximum Gasteiger partial charge on any atom is 0.231 e. The standard InChI is InChI=1S/C14H20N2O2/c1-16-13-5-4-11(8-12(13)9-14(16)18)10-15-6-2-3-7-17/h4-5,8,15,17H,2-3,6-7,9-10H2,1H3. The van der Waals surface area contributed by atoms with Crippen LogP contribution in [-0.2, 0) is 17.8 Å². The summed E-state index contributed by atoms with van der Waals surface area (Å²) in [6.07, 6.45) is 2.35. The number of likely N-dealkylation sites (N-methyl/N-ethyl adjacent to an activating group) is 1. The molecule has 0 bridgehead atoms. The molecule has 0 atom stereocenters. The van der Waals surface area contributed by atoms with E-state index >= 15 is 0 Å². The van der Waals surface area contributed by atoms with E-state index in [1.165, 1.54) is 5.56 Å². The second-order valence-electron chi connectivity index (χ2n) is 4.70. The Bertz CT molecular complexity index is 432. The van der Waals surface area contributed by atoms with Gasteiger partial charge in [-0.25, -0.2) is 0 Å². The Hall–Kier alpha value is -1.39. The van der Waals surface area contributed by atoms with Crippen LogP contribution in [0.4, 0.5) is 5.69 Å². The van der Waals surface area contributed by atoms with E-state index in [-0.39, 0.29) is 12.5 Å². The number of carbonyl (C=O) groups excluding carboxylic acids is 1. The van der Waals surface area contributed by atoms with Crippen molar-refractivity contribution in [3.8, 4) is 0 Å². The molecule has 4 nitrogen and oxygen atoms in total. The summed E-state index contributed by atoms with van der Waals surface area (Å²) in [6, 6.07) is 6.19. The third-order valence-electron chi connectivity index (χ3n) is 3.31. The van der Waals surface area contributed by atoms with Gasteiger partial charge in [-0.3, -0.25) is 4.79 Å². The monoisotopic (exact) mass is 248 g/mol. The third-order valence-corrected chi connectivity index (χ3v) is 3.31. The van der Waals surface area contributed by atoms with Gasteiger partial charge in [0.2, 0.25) is 5.91 Å². The SMILES string of the molecule is CN1C(=O)Cc2cc(CNCCCCO)ccc21. The van der Waals surface area contributed by atoms with Crippen LogP contribution in [0.5, 0.6) is 0 Å². The van der Waals surface area contributed by atoms with E-state index in [0.717, 1.165) is 37.2 Å². The van der Waals surface area contributed by atoms with Gasteiger partial charge in [0, 0.05) is 25.9 Å². The predicted molar refractivity (Wildman–Crippen MR) is 71.6 cm³/mol. The van der Waals surface area contributed by atoms with Gasteiger partial charge in [0.15, 0.2) is 0 Å². The maximum absolute atomic E-state index is 11.6. The summed E-state index contributed by atoms with van der Waals surface area (Å²) < 4.78 is 0. The Balaban J connectivity index is 1.89. The molecule has 18 heavy (non-hydrogen) atoms. The highest BCUT2D eigenvalue weighted by Crippen LogP contribution is 2.28. The zero-order valence-corrected chi connectivity index (χ0v) is 10.8. The van der Waals surface area contributed by atoms with Gasteiger partial charge in [-0.1, -0.05) is 12.1 Å². The van der Waals surface area contributed by atoms with E-state index in [4.69, 9.17) is 5.11 Å². The lowest BCUT2D eigenvalue weighted by molar-refractivity contribution is -0.117. The summed E-state index contributed by atoms with van der Waals surface area (Å²) in [5, 5.41) is 12.0. The van der Waals surface area contributed by atoms with Crippen molar-refractivity contribution in [1.82, 2.24) is 5.32 Å². The Morgan fingerprint density at radius 3 is 3.00 bits per heavy atom. The van der Waals surface area contributed by atoms with Crippen LogP contribution < -0.4 is 10.2 Å². The number of nitrogens with zero attached hydrogens (tertiary/aromatic N) is 1. The lowest BCUT2D eigenvalue weighted by atomic mass is 10.1. The van der Waals surface area contributed by atoms with Crippen LogP contribution in [0.25, 0.3) is 0 Å². The molecule has 0 unspecified atom stereocenters. The van der Waals surface area contributed by atoms with Crippen LogP contribution >= 0.6 is 0 Å². The van der Waals surface area contributed by atoms with Crippen LogP contribution in [0.1, 0.15) is 24.0 Å². The summed E-state index contributed by atoms with van der Waals surface area (Å²) in [6.45, 7) is 1.99. The Morgan fingerprint density at radius 2 is 2.22 bits per heavy atom. The second kappa shape index (κ2) is 5.98. The molecule has 1 aliphatic rings. The van der Waals surface area contributed by atoms with Crippen molar-refractivity contribution in [2.24, 2.45) is 0 Å². The number of unbranched alkanes of at least 4 members (excludes halogenated alkanes) is 1. The number of fused-ring (bicyclic) bond motifs is 1. The van der Waals surface area contributed by atoms with Crippen molar-refractivity contribution in [3.05, 3.63) is 29.3 Å². The van der Waals surface area contributed by atoms with E-state index < -0.39 is 0 Å². The molecule has 1 aromatic rings. The normalized spacial score (nSPS) is 14.1. The molecule has 0 saturated heterocycles. The number of anilines is 1. The van der Waals surface area contributed by atoms with Gasteiger partial charge in [-0.15, -0.1) is 0 Å². The van der Waals surface area contributed by atoms with Gasteiger partial charge in [0.05, 0.1) is 6.42 Å². The molecule has 1 aromatic carbocycles. The largest absolute Gasteiger partial charge is 0.396 e. The third kappa shape index (κ3) is 2.89. The number of nitrogens with one attached hydrogen (secondary N) is 1. The highest BCUT2D eigenvalue weighted by Gasteiger charge is 2.23. The van der Waals surface area contributed by atoms with Gasteiger partial charge < -0.3 is 15.3 Å². The van der Waals surface area contributed by atoms with Crippen LogP contribution in [0, 0.1) is 0 Å². The summed E-state index contributed by atoms with van der Waals surface area (Å²) in [5.74, 6) is 0.165. The van der Waals surface area contributed by atoms with Crippen LogP contribution in [0.15, 0.2) is 18.2 Å². The number of aliphatic hydroxyl groups excluding tert-OH is 1. The molecular formula is C14H20N2O2. The molecule has 0 saturated carbocycles. The molecule has 0 fully saturated rings. The minimum absolute atomic E-state index is 0.165. The predicted octanol–water partition coefficient (Wildman–Crippen LogP) is 1.07. The van der Waals surface area contributed by atoms with Gasteiger partial charge in [0.25, 0.3) is 0 Å². The minimum Gasteiger partial charge on any atom is -0.396 e. The van der Waals surface area contributed by atoms with Gasteiger partial charge >= 0.3 is 0 Å². The van der Waals surface area contributed by atoms with Crippen LogP contribution in [0.3, 0.4) is 0 Å². The molecule has 0 spiro atoms. The Morgan fingerprint density at radius 1 is 1.39 bits per heavy atom. The number of amides is 1. The molecule has 1 amide bonds. The smallest absolute Gasteiger partial charge is 0.231 e. The zero-order chi connectivity index (χ0) is 13.0. The fourth-order valence-corrected chi connectivity index (χ4v) is 2.23. The van der Waals surface area contributed by atoms with Crippen molar-refractivity contribution < 1.29 is 9.90 Å². The fraction of sp³-hybridized carbons (Fsp3) is 0.500. The lowest BCUT2D eigenvalue weighted by Gasteiger charge is -2.11. The molecule has 4 heteroatoms. The zero-order valence-electron chi connectivity index (χ0n) is 10.8. The molecule has 1 heterocycles. The van der Waals surface area contributed by atoms with Crippen LogP contribution in [0.2, 0.25) is 0 Å². The summed E-state index contributed by atoms with van der Waals surface area (Å²) in [7, 11) is 1.82. The quantitative estimate of drug-likeness (QED) is 0.740. The van der Waals surface area contributed by atoms with Crippen LogP contribution in [-0.4, -0.2) is 31.2 Å². The first kappa shape index (κ1) is 13.1. The van der Waals surface area contributed by atoms with Crippen molar-refractivity contribution in [2.75, 3.05) is 25.1 Å². The number of hydrogen-bond acceptors (Lipinski definition) is 3. The first-order valence-electron chi connectivity index (χ1n) is 6.42. The van der Waals surface area contributed by atoms with Crippen molar-refractivity contribution >= 4 is 11.6 Å². The number of benzene rings is 1. The Kier molecular flexibility index (Phi) is 4.33. The average molecular weight is 248 g/mol. The van der Waals surface area contributed by atoms with E-state index in [1.807, 2.05) is 13.1 Å². The molecule has 0 aliphatic carbocycles. The summed E-state index contributed by atoms with van der Waals surface area (Å²) in [5.41, 5.74) is 3.36. The summed E-state index contributed by atoms with van der Waals surface area (Å²) in [4.78, 5) is 13.3. The van der Waals surface area contributed by atoms with Crippen molar-refractivity contribution in [2.45, 2.75) is 25.8 Å². The maximum atomic E-state index is 11.6. The van der Waals surface area contributed by atoms with E-state index in [0.29, 0.717) is 6.42 Å². The van der Waals surface area contributed by atoms with E-state index in [9.17, 15) is 4.79 Å². The molecular weight excluding hydrogens is 228 g/mol. The number of hydrogen-bond donors (Lipinski definition) is 2. The topological polar surface area (TPSA) is 52.6 Å². The molecule has 2 rings (SSSR count). The average Bonchev–Trinajstić information content (AvgIpc) is 2.65. The van der Waals surface area contributed by atoms with Gasteiger partial charge in [0.1, 0.15) is 0 Å². The van der Waals surface area contributed by atoms with Gasteiger partial charge in [-0.05, 0) is 36.6 Å². The number of rotatable bonds is 6. The van der Waals surface area contributed by atoms with Gasteiger partial charge in [-0.2, -0.15) is 0 Å². The molecule has 0 radical (unpaired) electrons. The molecule has 1 aliphatic heterocycles. The highest BCUT2D eigenvalue weighted by molar-refractivity contribution is 6.00. The number of aliphatic hydroxyl groups is 1. The van der Waals surface area contributed by atoms with Crippen molar-refractivity contribution in [1.29, 1.82) is 0 Å². The van der Waals surface area contributed by atoms with Crippen molar-refractivity contribution in [3.63, 3.8) is 0 Å². The minimum atomic E-state index is 0.165. The molecule has 2 N–H and O–H groups in total. The molecule has 98 valence electrons. The lowest BCUT2D eigenvalue weighted by Crippen LogP contribution is -2.20. The number of carbonyl (C=O) groups is 1. The fourth-order valence-electron chi connectivity index (χ4n) is 2.23. The first-order chi connectivity index (χ1) is 8.72. The second-order valence-corrected chi connectivity index (χ2v) is 4.70. The van der Waals surface area contributed by atoms with E-state index in [2.05, 4.69) is 17.4 Å². The Labute approximate surface area is 108 Å². The summed E-state index contributed by atoms with van der Waals surface area (Å²) >= 11 is 0. The molecule has 0 aromatic heterocycles. The highest BCUT2D eigenvalue weighted by atomic mass is 16.2.